The zero-order valence-corrected chi connectivity index (χ0v) is 12.5. The first kappa shape index (κ1) is 15.4. The van der Waals surface area contributed by atoms with Gasteiger partial charge in [0.1, 0.15) is 0 Å². The first-order valence-electron chi connectivity index (χ1n) is 6.73. The highest BCUT2D eigenvalue weighted by atomic mass is 32.2. The van der Waals surface area contributed by atoms with Crippen LogP contribution in [0.4, 0.5) is 0 Å². The van der Waals surface area contributed by atoms with Crippen molar-refractivity contribution < 1.29 is 18.6 Å². The fourth-order valence-corrected chi connectivity index (χ4v) is 3.66. The predicted octanol–water partition coefficient (Wildman–Crippen LogP) is 1.13. The van der Waals surface area contributed by atoms with Crippen molar-refractivity contribution in [1.29, 1.82) is 0 Å². The van der Waals surface area contributed by atoms with E-state index in [0.29, 0.717) is 24.9 Å². The Morgan fingerprint density at radius 2 is 1.85 bits per heavy atom. The highest BCUT2D eigenvalue weighted by molar-refractivity contribution is 7.89. The molecule has 1 aliphatic rings. The number of hydrogen-bond acceptors (Lipinski definition) is 4. The second-order valence-electron chi connectivity index (χ2n) is 5.52. The lowest BCUT2D eigenvalue weighted by Gasteiger charge is -2.34. The lowest BCUT2D eigenvalue weighted by Crippen LogP contribution is -2.39. The Labute approximate surface area is 119 Å². The summed E-state index contributed by atoms with van der Waals surface area (Å²) < 4.78 is 26.1. The lowest BCUT2D eigenvalue weighted by molar-refractivity contribution is 0.0367. The third-order valence-electron chi connectivity index (χ3n) is 3.80. The second-order valence-corrected chi connectivity index (χ2v) is 7.57. The number of aliphatic hydroxyl groups excluding tert-OH is 2. The minimum Gasteiger partial charge on any atom is -0.393 e. The molecule has 1 aliphatic carbocycles. The first-order valence-corrected chi connectivity index (χ1v) is 8.17. The molecular weight excluding hydrogens is 278 g/mol. The van der Waals surface area contributed by atoms with Gasteiger partial charge in [-0.3, -0.25) is 0 Å². The van der Waals surface area contributed by atoms with Crippen LogP contribution in [0, 0.1) is 5.92 Å². The quantitative estimate of drug-likeness (QED) is 0.854. The molecule has 0 aliphatic heterocycles. The topological polar surface area (TPSA) is 77.8 Å². The van der Waals surface area contributed by atoms with Crippen LogP contribution in [0.25, 0.3) is 0 Å². The van der Waals surface area contributed by atoms with Crippen molar-refractivity contribution in [2.24, 2.45) is 5.92 Å². The van der Waals surface area contributed by atoms with Gasteiger partial charge in [0.2, 0.25) is 10.0 Å². The molecule has 2 rings (SSSR count). The van der Waals surface area contributed by atoms with E-state index in [-0.39, 0.29) is 16.9 Å². The average molecular weight is 299 g/mol. The van der Waals surface area contributed by atoms with E-state index in [0.717, 1.165) is 0 Å². The fourth-order valence-electron chi connectivity index (χ4n) is 2.41. The maximum absolute atomic E-state index is 12.4. The summed E-state index contributed by atoms with van der Waals surface area (Å²) in [6, 6.07) is 6.28. The molecule has 0 aromatic heterocycles. The number of sulfonamides is 1. The largest absolute Gasteiger partial charge is 0.393 e. The summed E-state index contributed by atoms with van der Waals surface area (Å²) in [6.45, 7) is 2.06. The summed E-state index contributed by atoms with van der Waals surface area (Å²) in [5.41, 5.74) is 0.689. The predicted molar refractivity (Wildman–Crippen MR) is 75.6 cm³/mol. The Morgan fingerprint density at radius 3 is 2.30 bits per heavy atom. The van der Waals surface area contributed by atoms with Gasteiger partial charge >= 0.3 is 0 Å². The Morgan fingerprint density at radius 1 is 1.30 bits per heavy atom. The van der Waals surface area contributed by atoms with E-state index in [1.54, 1.807) is 26.1 Å². The van der Waals surface area contributed by atoms with E-state index in [9.17, 15) is 18.6 Å². The highest BCUT2D eigenvalue weighted by Crippen LogP contribution is 2.29. The van der Waals surface area contributed by atoms with Crippen LogP contribution < -0.4 is 0 Å². The summed E-state index contributed by atoms with van der Waals surface area (Å²) in [7, 11) is -1.94. The average Bonchev–Trinajstić information content (AvgIpc) is 2.36. The SMILES string of the molecule is CC(O)c1ccc(S(=O)(=O)N(C)CC2CC(O)C2)cc1. The summed E-state index contributed by atoms with van der Waals surface area (Å²) in [5, 5.41) is 18.7. The van der Waals surface area contributed by atoms with Gasteiger partial charge in [-0.05, 0) is 43.4 Å². The van der Waals surface area contributed by atoms with Crippen LogP contribution in [0.3, 0.4) is 0 Å². The van der Waals surface area contributed by atoms with Crippen LogP contribution in [0.15, 0.2) is 29.2 Å². The molecule has 0 bridgehead atoms. The third kappa shape index (κ3) is 3.20. The minimum absolute atomic E-state index is 0.226. The Balaban J connectivity index is 2.08. The van der Waals surface area contributed by atoms with Gasteiger partial charge in [0.05, 0.1) is 17.1 Å². The Bertz CT molecular complexity index is 547. The lowest BCUT2D eigenvalue weighted by atomic mass is 9.82. The molecule has 5 nitrogen and oxygen atoms in total. The highest BCUT2D eigenvalue weighted by Gasteiger charge is 2.31. The molecular formula is C14H21NO4S. The van der Waals surface area contributed by atoms with Crippen molar-refractivity contribution >= 4 is 10.0 Å². The molecule has 0 amide bonds. The van der Waals surface area contributed by atoms with E-state index in [4.69, 9.17) is 0 Å². The van der Waals surface area contributed by atoms with E-state index >= 15 is 0 Å². The van der Waals surface area contributed by atoms with Crippen LogP contribution >= 0.6 is 0 Å². The van der Waals surface area contributed by atoms with Crippen LogP contribution in [-0.4, -0.2) is 42.6 Å². The molecule has 1 fully saturated rings. The number of benzene rings is 1. The molecule has 1 atom stereocenters. The zero-order valence-electron chi connectivity index (χ0n) is 11.7. The standard InChI is InChI=1S/C14H21NO4S/c1-10(16)12-3-5-14(6-4-12)20(18,19)15(2)9-11-7-13(17)8-11/h3-6,10-11,13,16-17H,7-9H2,1-2H3. The molecule has 1 aromatic carbocycles. The molecule has 20 heavy (non-hydrogen) atoms. The molecule has 2 N–H and O–H groups in total. The molecule has 6 heteroatoms. The van der Waals surface area contributed by atoms with Gasteiger partial charge in [-0.2, -0.15) is 0 Å². The van der Waals surface area contributed by atoms with E-state index in [2.05, 4.69) is 0 Å². The maximum Gasteiger partial charge on any atom is 0.242 e. The molecule has 1 unspecified atom stereocenters. The second kappa shape index (κ2) is 5.81. The normalized spacial score (nSPS) is 24.4. The monoisotopic (exact) mass is 299 g/mol. The van der Waals surface area contributed by atoms with E-state index in [1.807, 2.05) is 0 Å². The number of rotatable bonds is 5. The molecule has 1 aromatic rings. The molecule has 112 valence electrons. The molecule has 1 saturated carbocycles. The smallest absolute Gasteiger partial charge is 0.242 e. The van der Waals surface area contributed by atoms with Crippen molar-refractivity contribution in [3.8, 4) is 0 Å². The van der Waals surface area contributed by atoms with Crippen molar-refractivity contribution in [2.75, 3.05) is 13.6 Å². The Kier molecular flexibility index (Phi) is 4.49. The minimum atomic E-state index is -3.50. The van der Waals surface area contributed by atoms with E-state index in [1.165, 1.54) is 16.4 Å². The number of nitrogens with zero attached hydrogens (tertiary/aromatic N) is 1. The van der Waals surface area contributed by atoms with Gasteiger partial charge in [-0.15, -0.1) is 0 Å². The van der Waals surface area contributed by atoms with E-state index < -0.39 is 16.1 Å². The molecule has 0 spiro atoms. The maximum atomic E-state index is 12.4. The van der Waals surface area contributed by atoms with Crippen molar-refractivity contribution in [1.82, 2.24) is 4.31 Å². The van der Waals surface area contributed by atoms with Gasteiger partial charge in [-0.25, -0.2) is 12.7 Å². The summed E-state index contributed by atoms with van der Waals surface area (Å²) in [5.74, 6) is 0.238. The first-order chi connectivity index (χ1) is 9.30. The van der Waals surface area contributed by atoms with Crippen LogP contribution in [0.5, 0.6) is 0 Å². The number of aliphatic hydroxyl groups is 2. The third-order valence-corrected chi connectivity index (χ3v) is 5.63. The van der Waals surface area contributed by atoms with Gasteiger partial charge in [0.15, 0.2) is 0 Å². The van der Waals surface area contributed by atoms with Gasteiger partial charge in [-0.1, -0.05) is 12.1 Å². The van der Waals surface area contributed by atoms with Gasteiger partial charge in [0.25, 0.3) is 0 Å². The summed E-state index contributed by atoms with van der Waals surface area (Å²) >= 11 is 0. The zero-order chi connectivity index (χ0) is 14.9. The van der Waals surface area contributed by atoms with Crippen molar-refractivity contribution in [2.45, 2.75) is 36.9 Å². The number of hydrogen-bond donors (Lipinski definition) is 2. The van der Waals surface area contributed by atoms with Crippen LogP contribution in [0.2, 0.25) is 0 Å². The summed E-state index contributed by atoms with van der Waals surface area (Å²) in [6.07, 6.45) is 0.448. The van der Waals surface area contributed by atoms with Crippen LogP contribution in [0.1, 0.15) is 31.4 Å². The van der Waals surface area contributed by atoms with Gasteiger partial charge < -0.3 is 10.2 Å². The van der Waals surface area contributed by atoms with Crippen LogP contribution in [-0.2, 0) is 10.0 Å². The molecule has 0 heterocycles. The van der Waals surface area contributed by atoms with Crippen molar-refractivity contribution in [3.05, 3.63) is 29.8 Å². The molecule has 0 radical (unpaired) electrons. The summed E-state index contributed by atoms with van der Waals surface area (Å²) in [4.78, 5) is 0.226. The molecule has 0 saturated heterocycles. The van der Waals surface area contributed by atoms with Crippen molar-refractivity contribution in [3.63, 3.8) is 0 Å². The van der Waals surface area contributed by atoms with Gasteiger partial charge in [0, 0.05) is 13.6 Å². The fraction of sp³-hybridized carbons (Fsp3) is 0.571. The Hall–Kier alpha value is -0.950.